The van der Waals surface area contributed by atoms with E-state index in [1.807, 2.05) is 6.07 Å². The molecule has 0 heterocycles. The number of rotatable bonds is 3. The van der Waals surface area contributed by atoms with Crippen molar-refractivity contribution in [3.63, 3.8) is 0 Å². The Balaban J connectivity index is 2.39. The second-order valence-electron chi connectivity index (χ2n) is 3.89. The van der Waals surface area contributed by atoms with E-state index < -0.39 is 0 Å². The number of fused-ring (bicyclic) bond motifs is 1. The fourth-order valence-electron chi connectivity index (χ4n) is 2.14. The van der Waals surface area contributed by atoms with Crippen LogP contribution in [-0.4, -0.2) is 11.4 Å². The summed E-state index contributed by atoms with van der Waals surface area (Å²) in [4.78, 5) is 10.3. The summed E-state index contributed by atoms with van der Waals surface area (Å²) in [5, 5.41) is 9.93. The molecule has 15 heavy (non-hydrogen) atoms. The fourth-order valence-corrected chi connectivity index (χ4v) is 2.85. The molecule has 1 N–H and O–H groups in total. The minimum atomic E-state index is 0.317. The smallest absolute Gasteiger partial charge is 0.133 e. The number of hydrogen-bond acceptors (Lipinski definition) is 2. The van der Waals surface area contributed by atoms with E-state index in [0.29, 0.717) is 18.6 Å². The number of aryl methyl sites for hydroxylation is 2. The van der Waals surface area contributed by atoms with Crippen molar-refractivity contribution in [1.82, 2.24) is 0 Å². The summed E-state index contributed by atoms with van der Waals surface area (Å²) >= 11 is 3.44. The van der Waals surface area contributed by atoms with Gasteiger partial charge in [-0.3, -0.25) is 0 Å². The number of benzene rings is 1. The van der Waals surface area contributed by atoms with Crippen LogP contribution in [0.5, 0.6) is 5.75 Å². The van der Waals surface area contributed by atoms with E-state index in [0.717, 1.165) is 35.6 Å². The fraction of sp³-hybridized carbons (Fsp3) is 0.417. The first-order valence-electron chi connectivity index (χ1n) is 5.19. The third-order valence-electron chi connectivity index (χ3n) is 2.92. The molecule has 0 radical (unpaired) electrons. The summed E-state index contributed by atoms with van der Waals surface area (Å²) in [5.74, 6) is 0.317. The topological polar surface area (TPSA) is 37.3 Å². The molecule has 0 saturated heterocycles. The Bertz CT molecular complexity index is 399. The summed E-state index contributed by atoms with van der Waals surface area (Å²) in [5.41, 5.74) is 3.44. The second kappa shape index (κ2) is 4.35. The van der Waals surface area contributed by atoms with Gasteiger partial charge in [0.15, 0.2) is 0 Å². The molecule has 80 valence electrons. The van der Waals surface area contributed by atoms with Crippen molar-refractivity contribution >= 4 is 22.2 Å². The Morgan fingerprint density at radius 3 is 3.00 bits per heavy atom. The van der Waals surface area contributed by atoms with Gasteiger partial charge < -0.3 is 9.90 Å². The van der Waals surface area contributed by atoms with Gasteiger partial charge in [-0.1, -0.05) is 6.07 Å². The van der Waals surface area contributed by atoms with Crippen LogP contribution in [-0.2, 0) is 24.1 Å². The molecular weight excluding hydrogens is 256 g/mol. The predicted molar refractivity (Wildman–Crippen MR) is 62.2 cm³/mol. The summed E-state index contributed by atoms with van der Waals surface area (Å²) in [6.45, 7) is 0. The van der Waals surface area contributed by atoms with Gasteiger partial charge in [0.25, 0.3) is 0 Å². The molecule has 0 atom stereocenters. The zero-order valence-corrected chi connectivity index (χ0v) is 10.0. The molecule has 1 aliphatic rings. The van der Waals surface area contributed by atoms with Crippen LogP contribution in [0.15, 0.2) is 10.5 Å². The molecule has 2 nitrogen and oxygen atoms in total. The highest BCUT2D eigenvalue weighted by atomic mass is 79.9. The quantitative estimate of drug-likeness (QED) is 0.857. The lowest BCUT2D eigenvalue weighted by Crippen LogP contribution is -1.93. The highest BCUT2D eigenvalue weighted by molar-refractivity contribution is 9.10. The summed E-state index contributed by atoms with van der Waals surface area (Å²) < 4.78 is 0.832. The lowest BCUT2D eigenvalue weighted by Gasteiger charge is -2.10. The Morgan fingerprint density at radius 2 is 2.27 bits per heavy atom. The van der Waals surface area contributed by atoms with Crippen molar-refractivity contribution in [3.8, 4) is 5.75 Å². The van der Waals surface area contributed by atoms with Crippen LogP contribution in [0.4, 0.5) is 0 Å². The molecule has 0 aliphatic heterocycles. The number of carbonyl (C=O) groups is 1. The summed E-state index contributed by atoms with van der Waals surface area (Å²) in [6, 6.07) is 2.05. The van der Waals surface area contributed by atoms with Crippen molar-refractivity contribution < 1.29 is 9.90 Å². The lowest BCUT2D eigenvalue weighted by atomic mass is 10.0. The zero-order valence-electron chi connectivity index (χ0n) is 8.42. The van der Waals surface area contributed by atoms with Gasteiger partial charge >= 0.3 is 0 Å². The van der Waals surface area contributed by atoms with Crippen molar-refractivity contribution in [1.29, 1.82) is 0 Å². The van der Waals surface area contributed by atoms with Gasteiger partial charge in [-0.2, -0.15) is 0 Å². The molecule has 0 spiro atoms. The van der Waals surface area contributed by atoms with E-state index in [9.17, 15) is 9.90 Å². The van der Waals surface area contributed by atoms with Gasteiger partial charge in [0, 0.05) is 6.42 Å². The maximum atomic E-state index is 10.3. The van der Waals surface area contributed by atoms with E-state index in [-0.39, 0.29) is 0 Å². The number of halogens is 1. The summed E-state index contributed by atoms with van der Waals surface area (Å²) in [7, 11) is 0. The van der Waals surface area contributed by atoms with Crippen molar-refractivity contribution in [2.75, 3.05) is 0 Å². The molecule has 2 rings (SSSR count). The Labute approximate surface area is 97.4 Å². The SMILES string of the molecule is O=CCCc1cc2c(c(Br)c1O)CCC2. The van der Waals surface area contributed by atoms with Gasteiger partial charge in [-0.15, -0.1) is 0 Å². The Morgan fingerprint density at radius 1 is 1.47 bits per heavy atom. The number of aldehydes is 1. The highest BCUT2D eigenvalue weighted by Crippen LogP contribution is 2.38. The molecule has 3 heteroatoms. The maximum Gasteiger partial charge on any atom is 0.133 e. The van der Waals surface area contributed by atoms with E-state index in [4.69, 9.17) is 0 Å². The number of phenolic OH excluding ortho intramolecular Hbond substituents is 1. The van der Waals surface area contributed by atoms with Gasteiger partial charge in [-0.05, 0) is 58.3 Å². The average Bonchev–Trinajstić information content (AvgIpc) is 2.69. The van der Waals surface area contributed by atoms with E-state index in [1.165, 1.54) is 11.1 Å². The second-order valence-corrected chi connectivity index (χ2v) is 4.69. The molecule has 1 aromatic carbocycles. The minimum absolute atomic E-state index is 0.317. The summed E-state index contributed by atoms with van der Waals surface area (Å²) in [6.07, 6.45) is 5.27. The van der Waals surface area contributed by atoms with Gasteiger partial charge in [0.05, 0.1) is 4.47 Å². The number of aromatic hydroxyl groups is 1. The van der Waals surface area contributed by atoms with Crippen LogP contribution in [0.1, 0.15) is 29.5 Å². The monoisotopic (exact) mass is 268 g/mol. The normalized spacial score (nSPS) is 13.9. The molecule has 0 saturated carbocycles. The molecule has 1 aromatic rings. The molecular formula is C12H13BrO2. The van der Waals surface area contributed by atoms with Crippen LogP contribution in [0, 0.1) is 0 Å². The van der Waals surface area contributed by atoms with Crippen LogP contribution in [0.2, 0.25) is 0 Å². The molecule has 0 fully saturated rings. The number of carbonyl (C=O) groups excluding carboxylic acids is 1. The van der Waals surface area contributed by atoms with Crippen molar-refractivity contribution in [3.05, 3.63) is 27.2 Å². The third-order valence-corrected chi connectivity index (χ3v) is 3.77. The van der Waals surface area contributed by atoms with Crippen LogP contribution < -0.4 is 0 Å². The van der Waals surface area contributed by atoms with Gasteiger partial charge in [0.1, 0.15) is 12.0 Å². The van der Waals surface area contributed by atoms with Gasteiger partial charge in [0.2, 0.25) is 0 Å². The lowest BCUT2D eigenvalue weighted by molar-refractivity contribution is -0.107. The Kier molecular flexibility index (Phi) is 3.10. The van der Waals surface area contributed by atoms with E-state index in [2.05, 4.69) is 15.9 Å². The maximum absolute atomic E-state index is 10.3. The standard InChI is InChI=1S/C12H13BrO2/c13-11-10-5-1-3-8(10)7-9(12(11)15)4-2-6-14/h6-7,15H,1-5H2. The first-order valence-corrected chi connectivity index (χ1v) is 5.99. The van der Waals surface area contributed by atoms with Gasteiger partial charge in [-0.25, -0.2) is 0 Å². The van der Waals surface area contributed by atoms with Crippen molar-refractivity contribution in [2.24, 2.45) is 0 Å². The van der Waals surface area contributed by atoms with Crippen LogP contribution >= 0.6 is 15.9 Å². The Hall–Kier alpha value is -0.830. The van der Waals surface area contributed by atoms with Crippen LogP contribution in [0.3, 0.4) is 0 Å². The highest BCUT2D eigenvalue weighted by Gasteiger charge is 2.19. The number of phenols is 1. The van der Waals surface area contributed by atoms with E-state index in [1.54, 1.807) is 0 Å². The molecule has 0 bridgehead atoms. The molecule has 0 amide bonds. The van der Waals surface area contributed by atoms with Crippen molar-refractivity contribution in [2.45, 2.75) is 32.1 Å². The molecule has 0 unspecified atom stereocenters. The first kappa shape index (κ1) is 10.7. The van der Waals surface area contributed by atoms with Crippen LogP contribution in [0.25, 0.3) is 0 Å². The molecule has 0 aromatic heterocycles. The average molecular weight is 269 g/mol. The zero-order chi connectivity index (χ0) is 10.8. The third kappa shape index (κ3) is 1.93. The largest absolute Gasteiger partial charge is 0.506 e. The molecule has 1 aliphatic carbocycles. The van der Waals surface area contributed by atoms with E-state index >= 15 is 0 Å². The first-order chi connectivity index (χ1) is 7.24. The minimum Gasteiger partial charge on any atom is -0.506 e. The predicted octanol–water partition coefficient (Wildman–Crippen LogP) is 2.77. The number of hydrogen-bond donors (Lipinski definition) is 1.